The first-order chi connectivity index (χ1) is 7.24. The molecule has 1 aliphatic rings. The first-order valence-electron chi connectivity index (χ1n) is 5.00. The molecule has 6 heteroatoms. The van der Waals surface area contributed by atoms with Crippen LogP contribution in [-0.4, -0.2) is 28.3 Å². The second kappa shape index (κ2) is 4.67. The van der Waals surface area contributed by atoms with Crippen molar-refractivity contribution in [1.82, 2.24) is 15.3 Å². The smallest absolute Gasteiger partial charge is 0.191 e. The number of rotatable bonds is 3. The molecule has 1 aromatic heterocycles. The maximum Gasteiger partial charge on any atom is 0.191 e. The van der Waals surface area contributed by atoms with Crippen LogP contribution in [0.5, 0.6) is 0 Å². The van der Waals surface area contributed by atoms with E-state index in [1.165, 1.54) is 12.8 Å². The fourth-order valence-electron chi connectivity index (χ4n) is 1.60. The van der Waals surface area contributed by atoms with Crippen LogP contribution >= 0.6 is 11.8 Å². The number of thioether (sulfide) groups is 1. The minimum atomic E-state index is 0.435. The van der Waals surface area contributed by atoms with Gasteiger partial charge in [0.2, 0.25) is 0 Å². The van der Waals surface area contributed by atoms with Gasteiger partial charge in [0.15, 0.2) is 5.16 Å². The Morgan fingerprint density at radius 2 is 2.13 bits per heavy atom. The van der Waals surface area contributed by atoms with Crippen LogP contribution in [-0.2, 0) is 0 Å². The molecule has 1 aliphatic heterocycles. The third-order valence-corrected chi connectivity index (χ3v) is 3.33. The summed E-state index contributed by atoms with van der Waals surface area (Å²) in [4.78, 5) is 8.23. The Morgan fingerprint density at radius 3 is 2.73 bits per heavy atom. The molecule has 0 amide bonds. The van der Waals surface area contributed by atoms with Gasteiger partial charge in [-0.15, -0.1) is 0 Å². The Bertz CT molecular complexity index is 317. The lowest BCUT2D eigenvalue weighted by Gasteiger charge is -2.08. The average Bonchev–Trinajstić information content (AvgIpc) is 2.65. The summed E-state index contributed by atoms with van der Waals surface area (Å²) in [7, 11) is 0. The summed E-state index contributed by atoms with van der Waals surface area (Å²) in [5.41, 5.74) is 11.2. The van der Waals surface area contributed by atoms with Crippen LogP contribution in [0.4, 0.5) is 11.6 Å². The summed E-state index contributed by atoms with van der Waals surface area (Å²) < 4.78 is 0. The molecule has 0 aromatic carbocycles. The van der Waals surface area contributed by atoms with Crippen molar-refractivity contribution in [2.45, 2.75) is 24.0 Å². The van der Waals surface area contributed by atoms with Crippen molar-refractivity contribution in [2.24, 2.45) is 0 Å². The van der Waals surface area contributed by atoms with Gasteiger partial charge in [0.1, 0.15) is 11.6 Å². The van der Waals surface area contributed by atoms with Gasteiger partial charge in [0.05, 0.1) is 0 Å². The van der Waals surface area contributed by atoms with Gasteiger partial charge in [-0.25, -0.2) is 9.97 Å². The summed E-state index contributed by atoms with van der Waals surface area (Å²) in [5, 5.41) is 4.08. The summed E-state index contributed by atoms with van der Waals surface area (Å²) in [6.07, 6.45) is 2.48. The Balaban J connectivity index is 1.92. The molecule has 82 valence electrons. The Kier molecular flexibility index (Phi) is 3.27. The lowest BCUT2D eigenvalue weighted by Crippen LogP contribution is -2.23. The number of nitrogens with zero attached hydrogens (tertiary/aromatic N) is 2. The molecule has 1 aromatic rings. The highest BCUT2D eigenvalue weighted by atomic mass is 32.2. The number of nitrogens with one attached hydrogen (secondary N) is 1. The zero-order valence-corrected chi connectivity index (χ0v) is 9.26. The van der Waals surface area contributed by atoms with Crippen molar-refractivity contribution in [3.05, 3.63) is 6.07 Å². The predicted octanol–water partition coefficient (Wildman–Crippen LogP) is 0.485. The van der Waals surface area contributed by atoms with Crippen molar-refractivity contribution in [2.75, 3.05) is 23.8 Å². The van der Waals surface area contributed by atoms with Gasteiger partial charge in [-0.2, -0.15) is 0 Å². The lowest BCUT2D eigenvalue weighted by atomic mass is 10.3. The summed E-state index contributed by atoms with van der Waals surface area (Å²) >= 11 is 1.60. The first kappa shape index (κ1) is 10.5. The van der Waals surface area contributed by atoms with E-state index in [4.69, 9.17) is 11.5 Å². The Labute approximate surface area is 93.0 Å². The van der Waals surface area contributed by atoms with Gasteiger partial charge < -0.3 is 16.8 Å². The van der Waals surface area contributed by atoms with E-state index >= 15 is 0 Å². The molecular weight excluding hydrogens is 210 g/mol. The molecule has 1 atom stereocenters. The molecule has 0 unspecified atom stereocenters. The van der Waals surface area contributed by atoms with Gasteiger partial charge >= 0.3 is 0 Å². The van der Waals surface area contributed by atoms with Gasteiger partial charge in [0.25, 0.3) is 0 Å². The van der Waals surface area contributed by atoms with E-state index < -0.39 is 0 Å². The Morgan fingerprint density at radius 1 is 1.40 bits per heavy atom. The number of nitrogen functional groups attached to an aromatic ring is 2. The van der Waals surface area contributed by atoms with E-state index in [0.717, 1.165) is 12.3 Å². The van der Waals surface area contributed by atoms with Crippen molar-refractivity contribution in [3.63, 3.8) is 0 Å². The van der Waals surface area contributed by atoms with Gasteiger partial charge in [0, 0.05) is 17.9 Å². The molecule has 1 fully saturated rings. The molecule has 0 saturated carbocycles. The molecule has 2 rings (SSSR count). The van der Waals surface area contributed by atoms with E-state index in [2.05, 4.69) is 15.3 Å². The van der Waals surface area contributed by atoms with Crippen LogP contribution in [0.3, 0.4) is 0 Å². The maximum absolute atomic E-state index is 5.58. The zero-order valence-electron chi connectivity index (χ0n) is 8.44. The minimum absolute atomic E-state index is 0.435. The quantitative estimate of drug-likeness (QED) is 0.512. The van der Waals surface area contributed by atoms with Crippen molar-refractivity contribution in [1.29, 1.82) is 0 Å². The fourth-order valence-corrected chi connectivity index (χ4v) is 2.58. The summed E-state index contributed by atoms with van der Waals surface area (Å²) in [6, 6.07) is 2.14. The summed E-state index contributed by atoms with van der Waals surface area (Å²) in [5.74, 6) is 1.84. The van der Waals surface area contributed by atoms with E-state index in [0.29, 0.717) is 22.8 Å². The predicted molar refractivity (Wildman–Crippen MR) is 62.6 cm³/mol. The highest BCUT2D eigenvalue weighted by molar-refractivity contribution is 7.99. The minimum Gasteiger partial charge on any atom is -0.383 e. The normalized spacial score (nSPS) is 20.7. The van der Waals surface area contributed by atoms with Crippen molar-refractivity contribution in [3.8, 4) is 0 Å². The monoisotopic (exact) mass is 225 g/mol. The van der Waals surface area contributed by atoms with Crippen molar-refractivity contribution < 1.29 is 0 Å². The van der Waals surface area contributed by atoms with Crippen LogP contribution in [0.15, 0.2) is 11.2 Å². The van der Waals surface area contributed by atoms with Crippen LogP contribution in [0.1, 0.15) is 12.8 Å². The molecule has 0 radical (unpaired) electrons. The largest absolute Gasteiger partial charge is 0.383 e. The highest BCUT2D eigenvalue weighted by Crippen LogP contribution is 2.19. The Hall–Kier alpha value is -1.01. The van der Waals surface area contributed by atoms with Crippen LogP contribution < -0.4 is 16.8 Å². The van der Waals surface area contributed by atoms with E-state index in [1.54, 1.807) is 17.8 Å². The molecule has 0 aliphatic carbocycles. The second-order valence-electron chi connectivity index (χ2n) is 3.60. The molecule has 1 saturated heterocycles. The molecule has 2 heterocycles. The van der Waals surface area contributed by atoms with Crippen molar-refractivity contribution >= 4 is 23.4 Å². The molecular formula is C9H15N5S. The number of aromatic nitrogens is 2. The molecule has 0 bridgehead atoms. The number of nitrogens with two attached hydrogens (primary N) is 2. The maximum atomic E-state index is 5.58. The van der Waals surface area contributed by atoms with E-state index in [9.17, 15) is 0 Å². The van der Waals surface area contributed by atoms with E-state index in [1.807, 2.05) is 0 Å². The third-order valence-electron chi connectivity index (χ3n) is 2.32. The fraction of sp³-hybridized carbons (Fsp3) is 0.556. The van der Waals surface area contributed by atoms with Gasteiger partial charge in [-0.3, -0.25) is 0 Å². The van der Waals surface area contributed by atoms with Crippen LogP contribution in [0.25, 0.3) is 0 Å². The second-order valence-corrected chi connectivity index (χ2v) is 4.59. The number of hydrogen-bond donors (Lipinski definition) is 3. The number of hydrogen-bond acceptors (Lipinski definition) is 6. The SMILES string of the molecule is Nc1cc(N)nc(SC[C@@H]2CCCN2)n1. The first-order valence-corrected chi connectivity index (χ1v) is 5.99. The molecule has 0 spiro atoms. The van der Waals surface area contributed by atoms with Crippen LogP contribution in [0, 0.1) is 0 Å². The van der Waals surface area contributed by atoms with Crippen LogP contribution in [0.2, 0.25) is 0 Å². The summed E-state index contributed by atoms with van der Waals surface area (Å²) in [6.45, 7) is 1.12. The van der Waals surface area contributed by atoms with Gasteiger partial charge in [-0.1, -0.05) is 11.8 Å². The molecule has 15 heavy (non-hydrogen) atoms. The topological polar surface area (TPSA) is 89.9 Å². The number of anilines is 2. The van der Waals surface area contributed by atoms with E-state index in [-0.39, 0.29) is 0 Å². The lowest BCUT2D eigenvalue weighted by molar-refractivity contribution is 0.673. The molecule has 5 nitrogen and oxygen atoms in total. The standard InChI is InChI=1S/C9H15N5S/c10-7-4-8(11)14-9(13-7)15-5-6-2-1-3-12-6/h4,6,12H,1-3,5H2,(H4,10,11,13,14)/t6-/m0/s1. The highest BCUT2D eigenvalue weighted by Gasteiger charge is 2.14. The van der Waals surface area contributed by atoms with Gasteiger partial charge in [-0.05, 0) is 19.4 Å². The third kappa shape index (κ3) is 2.97. The average molecular weight is 225 g/mol. The molecule has 5 N–H and O–H groups in total. The zero-order chi connectivity index (χ0) is 10.7.